The highest BCUT2D eigenvalue weighted by Gasteiger charge is 2.23. The average molecular weight is 419 g/mol. The summed E-state index contributed by atoms with van der Waals surface area (Å²) >= 11 is 5.81. The monoisotopic (exact) mass is 418 g/mol. The van der Waals surface area contributed by atoms with Gasteiger partial charge in [0.15, 0.2) is 9.84 Å². The molecule has 0 saturated carbocycles. The zero-order valence-electron chi connectivity index (χ0n) is 13.6. The van der Waals surface area contributed by atoms with Crippen LogP contribution in [-0.4, -0.2) is 24.5 Å². The van der Waals surface area contributed by atoms with E-state index in [2.05, 4.69) is 5.10 Å². The van der Waals surface area contributed by atoms with Gasteiger partial charge in [0.2, 0.25) is 0 Å². The summed E-state index contributed by atoms with van der Waals surface area (Å²) in [7, 11) is -4.01. The molecular formula is C17H11ClF4N2O2S. The van der Waals surface area contributed by atoms with E-state index in [4.69, 9.17) is 11.6 Å². The molecule has 0 aliphatic heterocycles. The predicted molar refractivity (Wildman–Crippen MR) is 92.0 cm³/mol. The lowest BCUT2D eigenvalue weighted by Crippen LogP contribution is -2.08. The quantitative estimate of drug-likeness (QED) is 0.571. The van der Waals surface area contributed by atoms with Gasteiger partial charge < -0.3 is 0 Å². The van der Waals surface area contributed by atoms with Crippen molar-refractivity contribution < 1.29 is 26.0 Å². The normalized spacial score (nSPS) is 12.0. The third kappa shape index (κ3) is 3.84. The van der Waals surface area contributed by atoms with Gasteiger partial charge in [0, 0.05) is 22.9 Å². The van der Waals surface area contributed by atoms with Crippen LogP contribution in [0, 0.1) is 11.6 Å². The van der Waals surface area contributed by atoms with Crippen LogP contribution in [0.5, 0.6) is 0 Å². The summed E-state index contributed by atoms with van der Waals surface area (Å²) in [6.07, 6.45) is -2.22. The SMILES string of the molecule is CS(=O)(=O)c1cc(F)c(-n2nc(C(F)F)cc2-c2ccc(Cl)cc2)cc1F. The van der Waals surface area contributed by atoms with Crippen molar-refractivity contribution in [2.24, 2.45) is 0 Å². The minimum Gasteiger partial charge on any atom is -0.230 e. The molecule has 1 aromatic heterocycles. The number of alkyl halides is 2. The zero-order valence-corrected chi connectivity index (χ0v) is 15.2. The molecule has 0 radical (unpaired) electrons. The second kappa shape index (κ2) is 6.97. The van der Waals surface area contributed by atoms with E-state index in [1.165, 1.54) is 24.3 Å². The fraction of sp³-hybridized carbons (Fsp3) is 0.118. The number of hydrogen-bond donors (Lipinski definition) is 0. The first-order chi connectivity index (χ1) is 12.6. The van der Waals surface area contributed by atoms with Crippen LogP contribution in [0.4, 0.5) is 17.6 Å². The Kier molecular flexibility index (Phi) is 5.00. The lowest BCUT2D eigenvalue weighted by molar-refractivity contribution is 0.145. The molecule has 2 aromatic carbocycles. The summed E-state index contributed by atoms with van der Waals surface area (Å²) in [6.45, 7) is 0. The lowest BCUT2D eigenvalue weighted by Gasteiger charge is -2.11. The van der Waals surface area contributed by atoms with Crippen LogP contribution in [0.25, 0.3) is 16.9 Å². The largest absolute Gasteiger partial charge is 0.282 e. The molecular weight excluding hydrogens is 408 g/mol. The molecule has 0 saturated heterocycles. The zero-order chi connectivity index (χ0) is 19.9. The van der Waals surface area contributed by atoms with E-state index in [9.17, 15) is 26.0 Å². The Bertz CT molecular complexity index is 1110. The standard InChI is InChI=1S/C17H11ClF4N2O2S/c1-27(25,26)16-7-11(19)15(6-12(16)20)24-14(8-13(23-24)17(21)22)9-2-4-10(18)5-3-9/h2-8,17H,1H3. The van der Waals surface area contributed by atoms with Crippen LogP contribution in [0.2, 0.25) is 5.02 Å². The smallest absolute Gasteiger partial charge is 0.230 e. The van der Waals surface area contributed by atoms with E-state index in [1.54, 1.807) is 0 Å². The van der Waals surface area contributed by atoms with Crippen LogP contribution in [0.1, 0.15) is 12.1 Å². The van der Waals surface area contributed by atoms with Gasteiger partial charge in [-0.2, -0.15) is 5.10 Å². The first-order valence-electron chi connectivity index (χ1n) is 7.41. The van der Waals surface area contributed by atoms with E-state index >= 15 is 0 Å². The maximum Gasteiger partial charge on any atom is 0.282 e. The van der Waals surface area contributed by atoms with E-state index in [-0.39, 0.29) is 5.69 Å². The third-order valence-electron chi connectivity index (χ3n) is 3.72. The van der Waals surface area contributed by atoms with Gasteiger partial charge in [-0.3, -0.25) is 0 Å². The molecule has 0 N–H and O–H groups in total. The van der Waals surface area contributed by atoms with E-state index in [0.717, 1.165) is 17.0 Å². The maximum atomic E-state index is 14.5. The maximum absolute atomic E-state index is 14.5. The minimum absolute atomic E-state index is 0.0624. The van der Waals surface area contributed by atoms with Crippen LogP contribution in [0.15, 0.2) is 47.4 Å². The number of halogens is 5. The molecule has 10 heteroatoms. The summed E-state index contributed by atoms with van der Waals surface area (Å²) in [5.74, 6) is -2.35. The molecule has 4 nitrogen and oxygen atoms in total. The van der Waals surface area contributed by atoms with Crippen molar-refractivity contribution in [3.63, 3.8) is 0 Å². The number of benzene rings is 2. The molecule has 0 spiro atoms. The fourth-order valence-corrected chi connectivity index (χ4v) is 3.34. The van der Waals surface area contributed by atoms with Gasteiger partial charge in [0.05, 0.1) is 5.69 Å². The molecule has 3 aromatic rings. The van der Waals surface area contributed by atoms with Gasteiger partial charge in [-0.15, -0.1) is 0 Å². The second-order valence-electron chi connectivity index (χ2n) is 5.68. The number of sulfone groups is 1. The van der Waals surface area contributed by atoms with Gasteiger partial charge in [-0.05, 0) is 24.3 Å². The summed E-state index contributed by atoms with van der Waals surface area (Å²) in [4.78, 5) is -0.835. The van der Waals surface area contributed by atoms with Crippen LogP contribution in [0.3, 0.4) is 0 Å². The minimum atomic E-state index is -4.01. The topological polar surface area (TPSA) is 52.0 Å². The molecule has 0 unspecified atom stereocenters. The molecule has 1 heterocycles. The highest BCUT2D eigenvalue weighted by atomic mass is 35.5. The summed E-state index contributed by atoms with van der Waals surface area (Å²) in [5.41, 5.74) is -0.707. The molecule has 0 fully saturated rings. The second-order valence-corrected chi connectivity index (χ2v) is 8.10. The predicted octanol–water partition coefficient (Wildman–Crippen LogP) is 4.81. The van der Waals surface area contributed by atoms with Crippen molar-refractivity contribution in [1.29, 1.82) is 0 Å². The molecule has 27 heavy (non-hydrogen) atoms. The van der Waals surface area contributed by atoms with Gasteiger partial charge in [0.25, 0.3) is 6.43 Å². The molecule has 0 atom stereocenters. The number of aromatic nitrogens is 2. The molecule has 0 aliphatic rings. The van der Waals surface area contributed by atoms with E-state index in [1.807, 2.05) is 0 Å². The van der Waals surface area contributed by atoms with Crippen LogP contribution in [-0.2, 0) is 9.84 Å². The molecule has 142 valence electrons. The van der Waals surface area contributed by atoms with Gasteiger partial charge in [-0.1, -0.05) is 23.7 Å². The van der Waals surface area contributed by atoms with E-state index in [0.29, 0.717) is 22.7 Å². The van der Waals surface area contributed by atoms with E-state index < -0.39 is 44.2 Å². The molecule has 3 rings (SSSR count). The number of hydrogen-bond acceptors (Lipinski definition) is 3. The highest BCUT2D eigenvalue weighted by Crippen LogP contribution is 2.31. The Morgan fingerprint density at radius 3 is 2.22 bits per heavy atom. The van der Waals surface area contributed by atoms with Gasteiger partial charge in [0.1, 0.15) is 27.9 Å². The Hall–Kier alpha value is -2.39. The lowest BCUT2D eigenvalue weighted by atomic mass is 10.1. The number of rotatable bonds is 4. The Labute approximate surface area is 156 Å². The Balaban J connectivity index is 2.25. The fourth-order valence-electron chi connectivity index (χ4n) is 2.48. The molecule has 0 amide bonds. The van der Waals surface area contributed by atoms with Gasteiger partial charge >= 0.3 is 0 Å². The molecule has 0 bridgehead atoms. The first-order valence-corrected chi connectivity index (χ1v) is 9.68. The summed E-state index contributed by atoms with van der Waals surface area (Å²) in [5, 5.41) is 4.05. The van der Waals surface area contributed by atoms with Crippen molar-refractivity contribution in [2.45, 2.75) is 11.3 Å². The van der Waals surface area contributed by atoms with Crippen molar-refractivity contribution in [3.8, 4) is 16.9 Å². The average Bonchev–Trinajstić information content (AvgIpc) is 3.01. The third-order valence-corrected chi connectivity index (χ3v) is 5.08. The summed E-state index contributed by atoms with van der Waals surface area (Å²) < 4.78 is 78.8. The van der Waals surface area contributed by atoms with Crippen LogP contribution >= 0.6 is 11.6 Å². The Morgan fingerprint density at radius 2 is 1.67 bits per heavy atom. The van der Waals surface area contributed by atoms with Gasteiger partial charge in [-0.25, -0.2) is 30.7 Å². The van der Waals surface area contributed by atoms with Crippen molar-refractivity contribution in [3.05, 3.63) is 64.8 Å². The Morgan fingerprint density at radius 1 is 1.04 bits per heavy atom. The molecule has 0 aliphatic carbocycles. The summed E-state index contributed by atoms with van der Waals surface area (Å²) in [6, 6.07) is 8.15. The first kappa shape index (κ1) is 19.4. The van der Waals surface area contributed by atoms with Crippen molar-refractivity contribution in [2.75, 3.05) is 6.26 Å². The van der Waals surface area contributed by atoms with Crippen molar-refractivity contribution in [1.82, 2.24) is 9.78 Å². The highest BCUT2D eigenvalue weighted by molar-refractivity contribution is 7.90. The number of nitrogens with zero attached hydrogens (tertiary/aromatic N) is 2. The van der Waals surface area contributed by atoms with Crippen molar-refractivity contribution >= 4 is 21.4 Å². The van der Waals surface area contributed by atoms with Crippen LogP contribution < -0.4 is 0 Å².